The number of aliphatic hydroxyl groups is 1. The molecule has 2 N–H and O–H groups in total. The fourth-order valence-corrected chi connectivity index (χ4v) is 3.74. The normalized spacial score (nSPS) is 15.6. The number of rotatable bonds is 3. The number of aliphatic hydroxyl groups excluding tert-OH is 1. The molecule has 0 bridgehead atoms. The molecule has 23 heavy (non-hydrogen) atoms. The molecule has 1 atom stereocenters. The van der Waals surface area contributed by atoms with Crippen LogP contribution in [0.25, 0.3) is 10.9 Å². The number of fused-ring (bicyclic) bond motifs is 3. The number of halogens is 1. The number of benzene rings is 1. The van der Waals surface area contributed by atoms with Gasteiger partial charge in [0.25, 0.3) is 0 Å². The summed E-state index contributed by atoms with van der Waals surface area (Å²) >= 11 is 6.21. The molecule has 0 spiro atoms. The van der Waals surface area contributed by atoms with Crippen LogP contribution in [0.4, 0.5) is 0 Å². The van der Waals surface area contributed by atoms with E-state index in [0.717, 1.165) is 35.6 Å². The van der Waals surface area contributed by atoms with E-state index >= 15 is 0 Å². The largest absolute Gasteiger partial charge is 0.394 e. The molecule has 5 heteroatoms. The minimum absolute atomic E-state index is 0.0519. The number of hydrogen-bond acceptors (Lipinski definition) is 3. The molecule has 1 aliphatic rings. The van der Waals surface area contributed by atoms with Crippen LogP contribution in [0.5, 0.6) is 0 Å². The summed E-state index contributed by atoms with van der Waals surface area (Å²) in [5.41, 5.74) is 4.77. The highest BCUT2D eigenvalue weighted by atomic mass is 35.5. The monoisotopic (exact) mass is 327 g/mol. The van der Waals surface area contributed by atoms with E-state index in [4.69, 9.17) is 11.6 Å². The molecule has 4 nitrogen and oxygen atoms in total. The Morgan fingerprint density at radius 1 is 1.26 bits per heavy atom. The maximum absolute atomic E-state index is 10.1. The lowest BCUT2D eigenvalue weighted by atomic mass is 10.1. The van der Waals surface area contributed by atoms with E-state index in [-0.39, 0.29) is 12.6 Å². The van der Waals surface area contributed by atoms with Gasteiger partial charge in [0.05, 0.1) is 12.6 Å². The van der Waals surface area contributed by atoms with Crippen LogP contribution in [-0.2, 0) is 13.0 Å². The Kier molecular flexibility index (Phi) is 3.81. The van der Waals surface area contributed by atoms with Crippen LogP contribution in [-0.4, -0.2) is 27.8 Å². The Labute approximate surface area is 139 Å². The zero-order valence-corrected chi connectivity index (χ0v) is 13.4. The highest BCUT2D eigenvalue weighted by molar-refractivity contribution is 6.31. The van der Waals surface area contributed by atoms with Crippen molar-refractivity contribution in [2.45, 2.75) is 19.0 Å². The van der Waals surface area contributed by atoms with E-state index in [1.807, 2.05) is 24.3 Å². The molecular weight excluding hydrogens is 310 g/mol. The van der Waals surface area contributed by atoms with E-state index in [1.54, 1.807) is 12.4 Å². The van der Waals surface area contributed by atoms with Crippen LogP contribution < -0.4 is 5.32 Å². The Morgan fingerprint density at radius 2 is 2.09 bits per heavy atom. The van der Waals surface area contributed by atoms with Gasteiger partial charge in [0, 0.05) is 53.5 Å². The Morgan fingerprint density at radius 3 is 2.87 bits per heavy atom. The summed E-state index contributed by atoms with van der Waals surface area (Å²) in [6, 6.07) is 9.83. The van der Waals surface area contributed by atoms with Gasteiger partial charge in [0.2, 0.25) is 0 Å². The third kappa shape index (κ3) is 2.43. The minimum atomic E-state index is -0.108. The van der Waals surface area contributed by atoms with Gasteiger partial charge in [-0.25, -0.2) is 0 Å². The number of aromatic nitrogens is 2. The fraction of sp³-hybridized carbons (Fsp3) is 0.278. The van der Waals surface area contributed by atoms with Crippen molar-refractivity contribution in [1.29, 1.82) is 0 Å². The molecule has 3 aromatic rings. The molecule has 1 unspecified atom stereocenters. The molecule has 0 saturated carbocycles. The molecule has 0 saturated heterocycles. The average molecular weight is 328 g/mol. The lowest BCUT2D eigenvalue weighted by molar-refractivity contribution is 0.249. The Balaban J connectivity index is 1.98. The number of pyridine rings is 1. The third-order valence-electron chi connectivity index (χ3n) is 4.60. The zero-order valence-electron chi connectivity index (χ0n) is 12.7. The number of nitrogens with one attached hydrogen (secondary N) is 1. The Bertz CT molecular complexity index is 844. The van der Waals surface area contributed by atoms with E-state index in [9.17, 15) is 5.11 Å². The maximum Gasteiger partial charge on any atom is 0.0820 e. The van der Waals surface area contributed by atoms with Gasteiger partial charge < -0.3 is 15.0 Å². The number of nitrogens with zero attached hydrogens (tertiary/aromatic N) is 2. The molecule has 4 rings (SSSR count). The van der Waals surface area contributed by atoms with Gasteiger partial charge in [0.15, 0.2) is 0 Å². The summed E-state index contributed by atoms with van der Waals surface area (Å²) < 4.78 is 2.27. The molecule has 0 radical (unpaired) electrons. The molecule has 3 heterocycles. The molecule has 1 aliphatic heterocycles. The fourth-order valence-electron chi connectivity index (χ4n) is 3.57. The van der Waals surface area contributed by atoms with Crippen LogP contribution in [0.1, 0.15) is 22.9 Å². The van der Waals surface area contributed by atoms with Crippen molar-refractivity contribution in [2.24, 2.45) is 0 Å². The topological polar surface area (TPSA) is 50.1 Å². The highest BCUT2D eigenvalue weighted by Gasteiger charge is 2.25. The van der Waals surface area contributed by atoms with Crippen molar-refractivity contribution in [2.75, 3.05) is 13.2 Å². The van der Waals surface area contributed by atoms with Crippen molar-refractivity contribution < 1.29 is 5.11 Å². The molecule has 2 aromatic heterocycles. The zero-order chi connectivity index (χ0) is 15.8. The second-order valence-corrected chi connectivity index (χ2v) is 6.30. The summed E-state index contributed by atoms with van der Waals surface area (Å²) in [6.07, 6.45) is 4.49. The smallest absolute Gasteiger partial charge is 0.0820 e. The van der Waals surface area contributed by atoms with Gasteiger partial charge in [-0.2, -0.15) is 0 Å². The van der Waals surface area contributed by atoms with Gasteiger partial charge >= 0.3 is 0 Å². The van der Waals surface area contributed by atoms with Crippen LogP contribution in [0.15, 0.2) is 42.7 Å². The summed E-state index contributed by atoms with van der Waals surface area (Å²) in [5, 5.41) is 15.4. The summed E-state index contributed by atoms with van der Waals surface area (Å²) in [5.74, 6) is 0. The summed E-state index contributed by atoms with van der Waals surface area (Å²) in [7, 11) is 0. The van der Waals surface area contributed by atoms with Crippen molar-refractivity contribution in [3.63, 3.8) is 0 Å². The van der Waals surface area contributed by atoms with Gasteiger partial charge in [-0.05, 0) is 41.5 Å². The van der Waals surface area contributed by atoms with Gasteiger partial charge in [-0.1, -0.05) is 11.6 Å². The van der Waals surface area contributed by atoms with Crippen LogP contribution in [0.2, 0.25) is 5.02 Å². The molecule has 0 fully saturated rings. The van der Waals surface area contributed by atoms with Crippen LogP contribution >= 0.6 is 11.6 Å². The van der Waals surface area contributed by atoms with Crippen molar-refractivity contribution in [1.82, 2.24) is 14.9 Å². The standard InChI is InChI=1S/C18H18ClN3O/c19-13-1-2-16-14(9-13)15-10-21-8-5-17(15)22(16)18(11-23)12-3-6-20-7-4-12/h1-4,6-7,9,18,21,23H,5,8,10-11H2. The van der Waals surface area contributed by atoms with Crippen molar-refractivity contribution in [3.05, 3.63) is 64.6 Å². The first-order valence-electron chi connectivity index (χ1n) is 7.82. The van der Waals surface area contributed by atoms with Gasteiger partial charge in [-0.15, -0.1) is 0 Å². The lowest BCUT2D eigenvalue weighted by Gasteiger charge is -2.23. The minimum Gasteiger partial charge on any atom is -0.394 e. The lowest BCUT2D eigenvalue weighted by Crippen LogP contribution is -2.26. The van der Waals surface area contributed by atoms with Crippen molar-refractivity contribution in [3.8, 4) is 0 Å². The van der Waals surface area contributed by atoms with Crippen LogP contribution in [0, 0.1) is 0 Å². The first-order chi connectivity index (χ1) is 11.3. The van der Waals surface area contributed by atoms with Gasteiger partial charge in [0.1, 0.15) is 0 Å². The Hall–Kier alpha value is -1.88. The van der Waals surface area contributed by atoms with E-state index in [1.165, 1.54) is 16.6 Å². The first kappa shape index (κ1) is 14.7. The number of hydrogen-bond donors (Lipinski definition) is 2. The van der Waals surface area contributed by atoms with E-state index in [2.05, 4.69) is 20.9 Å². The van der Waals surface area contributed by atoms with Crippen molar-refractivity contribution >= 4 is 22.5 Å². The molecule has 118 valence electrons. The SMILES string of the molecule is OCC(c1ccncc1)n1c2c(c3cc(Cl)ccc31)CNCC2. The quantitative estimate of drug-likeness (QED) is 0.777. The predicted octanol–water partition coefficient (Wildman–Crippen LogP) is 2.92. The second-order valence-electron chi connectivity index (χ2n) is 5.86. The second kappa shape index (κ2) is 5.96. The first-order valence-corrected chi connectivity index (χ1v) is 8.20. The maximum atomic E-state index is 10.1. The van der Waals surface area contributed by atoms with Crippen LogP contribution in [0.3, 0.4) is 0 Å². The van der Waals surface area contributed by atoms with E-state index < -0.39 is 0 Å². The molecular formula is C18H18ClN3O. The summed E-state index contributed by atoms with van der Waals surface area (Å²) in [6.45, 7) is 1.84. The molecule has 0 aliphatic carbocycles. The summed E-state index contributed by atoms with van der Waals surface area (Å²) in [4.78, 5) is 4.09. The van der Waals surface area contributed by atoms with E-state index in [0.29, 0.717) is 0 Å². The average Bonchev–Trinajstić information content (AvgIpc) is 2.91. The predicted molar refractivity (Wildman–Crippen MR) is 91.8 cm³/mol. The van der Waals surface area contributed by atoms with Gasteiger partial charge in [-0.3, -0.25) is 4.98 Å². The third-order valence-corrected chi connectivity index (χ3v) is 4.83. The molecule has 1 aromatic carbocycles. The highest BCUT2D eigenvalue weighted by Crippen LogP contribution is 2.35. The molecule has 0 amide bonds.